The summed E-state index contributed by atoms with van der Waals surface area (Å²) in [7, 11) is 0. The van der Waals surface area contributed by atoms with Gasteiger partial charge in [-0.05, 0) is 35.9 Å². The Kier molecular flexibility index (Phi) is 4.77. The highest BCUT2D eigenvalue weighted by Crippen LogP contribution is 2.25. The Morgan fingerprint density at radius 3 is 2.50 bits per heavy atom. The highest BCUT2D eigenvalue weighted by molar-refractivity contribution is 6.30. The molecule has 150 valence electrons. The molecule has 9 heteroatoms. The Morgan fingerprint density at radius 2 is 1.83 bits per heavy atom. The number of furan rings is 2. The first-order valence-corrected chi connectivity index (χ1v) is 8.75. The molecule has 1 aliphatic rings. The molecular formula is C21H13N2O7-. The lowest BCUT2D eigenvalue weighted by Gasteiger charge is -2.25. The number of hydrogen-bond donors (Lipinski definition) is 1. The van der Waals surface area contributed by atoms with Gasteiger partial charge in [0.25, 0.3) is 11.8 Å². The summed E-state index contributed by atoms with van der Waals surface area (Å²) >= 11 is 0. The van der Waals surface area contributed by atoms with E-state index >= 15 is 0 Å². The van der Waals surface area contributed by atoms with Crippen LogP contribution in [0.25, 0.3) is 17.4 Å². The zero-order chi connectivity index (χ0) is 21.3. The van der Waals surface area contributed by atoms with Gasteiger partial charge in [-0.15, -0.1) is 0 Å². The summed E-state index contributed by atoms with van der Waals surface area (Å²) in [4.78, 5) is 48.6. The second kappa shape index (κ2) is 7.55. The number of nitrogens with zero attached hydrogens (tertiary/aromatic N) is 1. The van der Waals surface area contributed by atoms with Gasteiger partial charge in [-0.1, -0.05) is 24.3 Å². The minimum Gasteiger partial charge on any atom is -0.545 e. The number of barbiturate groups is 1. The Morgan fingerprint density at radius 1 is 1.07 bits per heavy atom. The standard InChI is InChI=1S/C21H14N2O7/c24-18-16(19(25)23(21(28)22-18)11-15-2-1-9-29-15)10-14-7-8-17(30-14)12-3-5-13(6-4-12)20(26)27/h1-10H,11H2,(H,26,27)(H,22,24,28)/p-1/b16-10+. The molecule has 30 heavy (non-hydrogen) atoms. The zero-order valence-electron chi connectivity index (χ0n) is 15.3. The van der Waals surface area contributed by atoms with Crippen LogP contribution in [-0.4, -0.2) is 28.7 Å². The third kappa shape index (κ3) is 3.63. The van der Waals surface area contributed by atoms with E-state index in [0.29, 0.717) is 17.1 Å². The van der Waals surface area contributed by atoms with Crippen molar-refractivity contribution in [3.05, 3.63) is 77.5 Å². The minimum atomic E-state index is -1.29. The van der Waals surface area contributed by atoms with Crippen LogP contribution in [0, 0.1) is 0 Å². The van der Waals surface area contributed by atoms with Crippen LogP contribution >= 0.6 is 0 Å². The van der Waals surface area contributed by atoms with Gasteiger partial charge >= 0.3 is 6.03 Å². The molecule has 2 aromatic heterocycles. The topological polar surface area (TPSA) is 133 Å². The maximum atomic E-state index is 12.7. The first kappa shape index (κ1) is 18.9. The first-order chi connectivity index (χ1) is 14.4. The smallest absolute Gasteiger partial charge is 0.331 e. The van der Waals surface area contributed by atoms with Gasteiger partial charge in [-0.3, -0.25) is 19.8 Å². The SMILES string of the molecule is O=C1NC(=O)N(Cc2ccco2)C(=O)/C1=C/c1ccc(-c2ccc(C(=O)[O-])cc2)o1. The van der Waals surface area contributed by atoms with Gasteiger partial charge in [-0.25, -0.2) is 4.79 Å². The highest BCUT2D eigenvalue weighted by Gasteiger charge is 2.36. The van der Waals surface area contributed by atoms with E-state index in [4.69, 9.17) is 8.83 Å². The molecule has 0 unspecified atom stereocenters. The Labute approximate surface area is 169 Å². The number of aromatic carboxylic acids is 1. The summed E-state index contributed by atoms with van der Waals surface area (Å²) in [5.41, 5.74) is 0.353. The average molecular weight is 405 g/mol. The van der Waals surface area contributed by atoms with Crippen molar-refractivity contribution in [2.75, 3.05) is 0 Å². The van der Waals surface area contributed by atoms with Gasteiger partial charge in [0, 0.05) is 5.56 Å². The van der Waals surface area contributed by atoms with Crippen LogP contribution < -0.4 is 10.4 Å². The van der Waals surface area contributed by atoms with Crippen LogP contribution in [-0.2, 0) is 16.1 Å². The van der Waals surface area contributed by atoms with Gasteiger partial charge in [0.15, 0.2) is 0 Å². The first-order valence-electron chi connectivity index (χ1n) is 8.75. The second-order valence-corrected chi connectivity index (χ2v) is 6.35. The molecule has 0 aliphatic carbocycles. The van der Waals surface area contributed by atoms with Crippen molar-refractivity contribution in [2.24, 2.45) is 0 Å². The number of hydrogen-bond acceptors (Lipinski definition) is 7. The number of amides is 4. The van der Waals surface area contributed by atoms with Crippen molar-refractivity contribution in [3.8, 4) is 11.3 Å². The fraction of sp³-hybridized carbons (Fsp3) is 0.0476. The molecule has 0 bridgehead atoms. The van der Waals surface area contributed by atoms with Crippen molar-refractivity contribution in [1.82, 2.24) is 10.2 Å². The number of carboxylic acids is 1. The highest BCUT2D eigenvalue weighted by atomic mass is 16.4. The van der Waals surface area contributed by atoms with Crippen LogP contribution in [0.3, 0.4) is 0 Å². The largest absolute Gasteiger partial charge is 0.545 e. The average Bonchev–Trinajstić information content (AvgIpc) is 3.40. The molecule has 1 saturated heterocycles. The Hall–Kier alpha value is -4.40. The Balaban J connectivity index is 1.59. The van der Waals surface area contributed by atoms with Gasteiger partial charge in [0.05, 0.1) is 18.8 Å². The minimum absolute atomic E-state index is 0.0263. The number of benzene rings is 1. The molecule has 4 rings (SSSR count). The van der Waals surface area contributed by atoms with Crippen molar-refractivity contribution in [3.63, 3.8) is 0 Å². The number of rotatable bonds is 5. The molecule has 1 fully saturated rings. The van der Waals surface area contributed by atoms with E-state index < -0.39 is 23.8 Å². The van der Waals surface area contributed by atoms with Gasteiger partial charge in [0.2, 0.25) is 0 Å². The van der Waals surface area contributed by atoms with E-state index in [0.717, 1.165) is 4.90 Å². The summed E-state index contributed by atoms with van der Waals surface area (Å²) in [6.07, 6.45) is 2.64. The van der Waals surface area contributed by atoms with Gasteiger partial charge in [-0.2, -0.15) is 0 Å². The van der Waals surface area contributed by atoms with E-state index in [9.17, 15) is 24.3 Å². The fourth-order valence-corrected chi connectivity index (χ4v) is 2.89. The third-order valence-electron chi connectivity index (χ3n) is 4.40. The number of imide groups is 2. The second-order valence-electron chi connectivity index (χ2n) is 6.35. The summed E-state index contributed by atoms with van der Waals surface area (Å²) in [6, 6.07) is 11.4. The summed E-state index contributed by atoms with van der Waals surface area (Å²) in [5.74, 6) is -1.92. The van der Waals surface area contributed by atoms with Crippen molar-refractivity contribution >= 4 is 29.9 Å². The molecule has 0 saturated carbocycles. The molecule has 1 aromatic carbocycles. The molecule has 0 spiro atoms. The normalized spacial score (nSPS) is 15.5. The lowest BCUT2D eigenvalue weighted by Crippen LogP contribution is -2.53. The molecule has 1 N–H and O–H groups in total. The van der Waals surface area contributed by atoms with Crippen molar-refractivity contribution < 1.29 is 33.1 Å². The van der Waals surface area contributed by atoms with Crippen LogP contribution in [0.2, 0.25) is 0 Å². The lowest BCUT2D eigenvalue weighted by atomic mass is 10.1. The van der Waals surface area contributed by atoms with Crippen LogP contribution in [0.5, 0.6) is 0 Å². The van der Waals surface area contributed by atoms with Gasteiger partial charge < -0.3 is 18.7 Å². The molecule has 3 aromatic rings. The maximum Gasteiger partial charge on any atom is 0.331 e. The third-order valence-corrected chi connectivity index (χ3v) is 4.40. The van der Waals surface area contributed by atoms with Crippen LogP contribution in [0.1, 0.15) is 21.9 Å². The van der Waals surface area contributed by atoms with E-state index in [1.807, 2.05) is 0 Å². The molecule has 9 nitrogen and oxygen atoms in total. The number of carboxylic acid groups (broad SMARTS) is 1. The molecule has 1 aliphatic heterocycles. The molecule has 4 amide bonds. The summed E-state index contributed by atoms with van der Waals surface area (Å²) in [5, 5.41) is 13.0. The maximum absolute atomic E-state index is 12.7. The fourth-order valence-electron chi connectivity index (χ4n) is 2.89. The van der Waals surface area contributed by atoms with Gasteiger partial charge in [0.1, 0.15) is 22.9 Å². The molecule has 0 radical (unpaired) electrons. The number of carbonyl (C=O) groups is 4. The van der Waals surface area contributed by atoms with Crippen molar-refractivity contribution in [1.29, 1.82) is 0 Å². The monoisotopic (exact) mass is 405 g/mol. The Bertz CT molecular complexity index is 1170. The van der Waals surface area contributed by atoms with E-state index in [-0.39, 0.29) is 23.4 Å². The zero-order valence-corrected chi connectivity index (χ0v) is 15.3. The van der Waals surface area contributed by atoms with E-state index in [1.165, 1.54) is 24.5 Å². The molecule has 0 atom stereocenters. The van der Waals surface area contributed by atoms with Crippen molar-refractivity contribution in [2.45, 2.75) is 6.54 Å². The number of carbonyl (C=O) groups excluding carboxylic acids is 4. The molecule has 3 heterocycles. The predicted molar refractivity (Wildman–Crippen MR) is 99.2 cm³/mol. The molecular weight excluding hydrogens is 392 g/mol. The predicted octanol–water partition coefficient (Wildman–Crippen LogP) is 1.57. The van der Waals surface area contributed by atoms with Crippen LogP contribution in [0.4, 0.5) is 4.79 Å². The summed E-state index contributed by atoms with van der Waals surface area (Å²) < 4.78 is 10.8. The lowest BCUT2D eigenvalue weighted by molar-refractivity contribution is -0.255. The summed E-state index contributed by atoms with van der Waals surface area (Å²) in [6.45, 7) is -0.128. The van der Waals surface area contributed by atoms with E-state index in [1.54, 1.807) is 36.4 Å². The number of urea groups is 1. The quantitative estimate of drug-likeness (QED) is 0.503. The van der Waals surface area contributed by atoms with Crippen LogP contribution in [0.15, 0.2) is 69.2 Å². The van der Waals surface area contributed by atoms with E-state index in [2.05, 4.69) is 5.32 Å². The number of nitrogens with one attached hydrogen (secondary N) is 1.